The van der Waals surface area contributed by atoms with E-state index in [1.165, 1.54) is 12.1 Å². The van der Waals surface area contributed by atoms with Gasteiger partial charge < -0.3 is 10.5 Å². The highest BCUT2D eigenvalue weighted by atomic mass is 19.1. The van der Waals surface area contributed by atoms with Gasteiger partial charge in [-0.3, -0.25) is 0 Å². The minimum absolute atomic E-state index is 0.115. The van der Waals surface area contributed by atoms with Gasteiger partial charge in [-0.05, 0) is 12.1 Å². The summed E-state index contributed by atoms with van der Waals surface area (Å²) in [6.07, 6.45) is 0. The van der Waals surface area contributed by atoms with E-state index in [0.29, 0.717) is 12.2 Å². The van der Waals surface area contributed by atoms with E-state index in [4.69, 9.17) is 10.5 Å². The van der Waals surface area contributed by atoms with Crippen molar-refractivity contribution in [3.8, 4) is 5.75 Å². The summed E-state index contributed by atoms with van der Waals surface area (Å²) in [6.45, 7) is 0.414. The number of para-hydroxylation sites is 1. The first-order valence-electron chi connectivity index (χ1n) is 6.09. The minimum Gasteiger partial charge on any atom is -0.493 e. The van der Waals surface area contributed by atoms with E-state index in [0.717, 1.165) is 17.4 Å². The fourth-order valence-electron chi connectivity index (χ4n) is 2.47. The molecule has 2 N–H and O–H groups in total. The zero-order chi connectivity index (χ0) is 13.4. The lowest BCUT2D eigenvalue weighted by Crippen LogP contribution is -2.22. The molecule has 0 spiro atoms. The number of rotatable bonds is 2. The quantitative estimate of drug-likeness (QED) is 0.901. The van der Waals surface area contributed by atoms with Gasteiger partial charge >= 0.3 is 0 Å². The van der Waals surface area contributed by atoms with Crippen molar-refractivity contribution in [1.82, 2.24) is 0 Å². The van der Waals surface area contributed by atoms with Gasteiger partial charge in [0.2, 0.25) is 0 Å². The van der Waals surface area contributed by atoms with Crippen LogP contribution in [-0.4, -0.2) is 6.61 Å². The molecule has 2 atom stereocenters. The maximum absolute atomic E-state index is 13.8. The molecule has 0 fully saturated rings. The van der Waals surface area contributed by atoms with Crippen LogP contribution in [0.2, 0.25) is 0 Å². The monoisotopic (exact) mass is 261 g/mol. The van der Waals surface area contributed by atoms with Crippen molar-refractivity contribution < 1.29 is 13.5 Å². The minimum atomic E-state index is -0.614. The molecule has 4 heteroatoms. The Morgan fingerprint density at radius 3 is 2.74 bits per heavy atom. The third-order valence-corrected chi connectivity index (χ3v) is 3.49. The number of hydrogen-bond acceptors (Lipinski definition) is 2. The van der Waals surface area contributed by atoms with E-state index in [1.807, 2.05) is 24.3 Å². The zero-order valence-corrected chi connectivity index (χ0v) is 10.1. The largest absolute Gasteiger partial charge is 0.493 e. The summed E-state index contributed by atoms with van der Waals surface area (Å²) in [6, 6.07) is 10.5. The molecule has 98 valence electrons. The number of ether oxygens (including phenoxy) is 1. The highest BCUT2D eigenvalue weighted by molar-refractivity contribution is 5.42. The molecule has 0 bridgehead atoms. The summed E-state index contributed by atoms with van der Waals surface area (Å²) < 4.78 is 32.2. The molecule has 1 heterocycles. The third kappa shape index (κ3) is 2.08. The smallest absolute Gasteiger partial charge is 0.130 e. The second-order valence-corrected chi connectivity index (χ2v) is 4.65. The van der Waals surface area contributed by atoms with Gasteiger partial charge in [-0.2, -0.15) is 0 Å². The Morgan fingerprint density at radius 1 is 1.16 bits per heavy atom. The number of fused-ring (bicyclic) bond motifs is 1. The molecule has 19 heavy (non-hydrogen) atoms. The van der Waals surface area contributed by atoms with Crippen molar-refractivity contribution in [2.45, 2.75) is 12.0 Å². The molecule has 1 aliphatic heterocycles. The summed E-state index contributed by atoms with van der Waals surface area (Å²) in [5, 5.41) is 0. The van der Waals surface area contributed by atoms with Crippen molar-refractivity contribution in [3.05, 3.63) is 65.2 Å². The first-order chi connectivity index (χ1) is 9.16. The molecular formula is C15H13F2NO. The number of nitrogens with two attached hydrogens (primary N) is 1. The van der Waals surface area contributed by atoms with Crippen molar-refractivity contribution in [1.29, 1.82) is 0 Å². The molecule has 0 saturated carbocycles. The Hall–Kier alpha value is -1.94. The maximum atomic E-state index is 13.8. The van der Waals surface area contributed by atoms with Crippen LogP contribution in [0.15, 0.2) is 42.5 Å². The van der Waals surface area contributed by atoms with Gasteiger partial charge in [0, 0.05) is 29.2 Å². The molecule has 0 saturated heterocycles. The summed E-state index contributed by atoms with van der Waals surface area (Å²) in [7, 11) is 0. The highest BCUT2D eigenvalue weighted by Crippen LogP contribution is 2.40. The SMILES string of the molecule is NC(c1ccc(F)cc1F)C1COc2ccccc21. The van der Waals surface area contributed by atoms with Crippen molar-refractivity contribution in [2.24, 2.45) is 5.73 Å². The van der Waals surface area contributed by atoms with Gasteiger partial charge in [-0.25, -0.2) is 8.78 Å². The molecular weight excluding hydrogens is 248 g/mol. The van der Waals surface area contributed by atoms with Crippen LogP contribution in [-0.2, 0) is 0 Å². The lowest BCUT2D eigenvalue weighted by atomic mass is 9.89. The molecule has 3 rings (SSSR count). The summed E-state index contributed by atoms with van der Waals surface area (Å²) >= 11 is 0. The third-order valence-electron chi connectivity index (χ3n) is 3.49. The predicted octanol–water partition coefficient (Wildman–Crippen LogP) is 3.14. The first kappa shape index (κ1) is 12.1. The molecule has 0 aromatic heterocycles. The van der Waals surface area contributed by atoms with Crippen LogP contribution in [0.1, 0.15) is 23.1 Å². The molecule has 0 radical (unpaired) electrons. The summed E-state index contributed by atoms with van der Waals surface area (Å²) in [4.78, 5) is 0. The van der Waals surface area contributed by atoms with Crippen molar-refractivity contribution in [2.75, 3.05) is 6.61 Å². The molecule has 1 aliphatic rings. The van der Waals surface area contributed by atoms with Crippen LogP contribution in [0.3, 0.4) is 0 Å². The summed E-state index contributed by atoms with van der Waals surface area (Å²) in [5.74, 6) is -0.546. The van der Waals surface area contributed by atoms with Gasteiger partial charge in [0.25, 0.3) is 0 Å². The average molecular weight is 261 g/mol. The van der Waals surface area contributed by atoms with Crippen LogP contribution >= 0.6 is 0 Å². The lowest BCUT2D eigenvalue weighted by molar-refractivity contribution is 0.313. The molecule has 0 aliphatic carbocycles. The average Bonchev–Trinajstić information content (AvgIpc) is 2.82. The second-order valence-electron chi connectivity index (χ2n) is 4.65. The lowest BCUT2D eigenvalue weighted by Gasteiger charge is -2.19. The summed E-state index contributed by atoms with van der Waals surface area (Å²) in [5.41, 5.74) is 7.41. The first-order valence-corrected chi connectivity index (χ1v) is 6.09. The van der Waals surface area contributed by atoms with Crippen LogP contribution in [0.25, 0.3) is 0 Å². The van der Waals surface area contributed by atoms with Crippen LogP contribution in [0.5, 0.6) is 5.75 Å². The number of benzene rings is 2. The normalized spacial score (nSPS) is 18.8. The van der Waals surface area contributed by atoms with Gasteiger partial charge in [0.1, 0.15) is 17.4 Å². The van der Waals surface area contributed by atoms with Crippen LogP contribution in [0.4, 0.5) is 8.78 Å². The number of hydrogen-bond donors (Lipinski definition) is 1. The Morgan fingerprint density at radius 2 is 1.95 bits per heavy atom. The highest BCUT2D eigenvalue weighted by Gasteiger charge is 2.31. The van der Waals surface area contributed by atoms with E-state index < -0.39 is 17.7 Å². The van der Waals surface area contributed by atoms with E-state index >= 15 is 0 Å². The Balaban J connectivity index is 1.95. The van der Waals surface area contributed by atoms with Gasteiger partial charge in [0.05, 0.1) is 6.61 Å². The van der Waals surface area contributed by atoms with Gasteiger partial charge in [0.15, 0.2) is 0 Å². The zero-order valence-electron chi connectivity index (χ0n) is 10.1. The molecule has 2 aromatic carbocycles. The topological polar surface area (TPSA) is 35.2 Å². The van der Waals surface area contributed by atoms with E-state index in [9.17, 15) is 8.78 Å². The molecule has 0 amide bonds. The standard InChI is InChI=1S/C15H13F2NO/c16-9-5-6-11(13(17)7-9)15(18)12-8-19-14-4-2-1-3-10(12)14/h1-7,12,15H,8,18H2. The fourth-order valence-corrected chi connectivity index (χ4v) is 2.47. The molecule has 2 unspecified atom stereocenters. The van der Waals surface area contributed by atoms with E-state index in [2.05, 4.69) is 0 Å². The second kappa shape index (κ2) is 4.63. The van der Waals surface area contributed by atoms with Crippen molar-refractivity contribution >= 4 is 0 Å². The Bertz CT molecular complexity index is 615. The van der Waals surface area contributed by atoms with Gasteiger partial charge in [-0.15, -0.1) is 0 Å². The van der Waals surface area contributed by atoms with E-state index in [1.54, 1.807) is 0 Å². The fraction of sp³-hybridized carbons (Fsp3) is 0.200. The molecule has 2 nitrogen and oxygen atoms in total. The Kier molecular flexibility index (Phi) is 2.95. The van der Waals surface area contributed by atoms with Crippen LogP contribution < -0.4 is 10.5 Å². The van der Waals surface area contributed by atoms with Gasteiger partial charge in [-0.1, -0.05) is 24.3 Å². The molecule has 2 aromatic rings. The van der Waals surface area contributed by atoms with E-state index in [-0.39, 0.29) is 5.92 Å². The maximum Gasteiger partial charge on any atom is 0.130 e. The van der Waals surface area contributed by atoms with Crippen LogP contribution in [0, 0.1) is 11.6 Å². The Labute approximate surface area is 109 Å². The van der Waals surface area contributed by atoms with Crippen molar-refractivity contribution in [3.63, 3.8) is 0 Å². The number of halogens is 2. The predicted molar refractivity (Wildman–Crippen MR) is 68.0 cm³/mol.